The van der Waals surface area contributed by atoms with Crippen LogP contribution in [0.3, 0.4) is 0 Å². The van der Waals surface area contributed by atoms with Crippen LogP contribution in [-0.4, -0.2) is 9.97 Å². The Morgan fingerprint density at radius 2 is 2.13 bits per heavy atom. The second-order valence-corrected chi connectivity index (χ2v) is 3.58. The van der Waals surface area contributed by atoms with Crippen molar-refractivity contribution in [3.63, 3.8) is 0 Å². The van der Waals surface area contributed by atoms with E-state index in [1.165, 1.54) is 0 Å². The summed E-state index contributed by atoms with van der Waals surface area (Å²) in [5.74, 6) is 1.63. The monoisotopic (exact) mass is 202 g/mol. The Kier molecular flexibility index (Phi) is 2.54. The van der Waals surface area contributed by atoms with Crippen LogP contribution >= 0.6 is 0 Å². The summed E-state index contributed by atoms with van der Waals surface area (Å²) in [7, 11) is 0. The fraction of sp³-hybridized carbons (Fsp3) is 0.333. The van der Waals surface area contributed by atoms with Crippen LogP contribution in [0.4, 0.5) is 0 Å². The molecule has 0 fully saturated rings. The van der Waals surface area contributed by atoms with Crippen LogP contribution < -0.4 is 0 Å². The zero-order chi connectivity index (χ0) is 10.8. The molecule has 0 atom stereocenters. The van der Waals surface area contributed by atoms with E-state index in [0.717, 1.165) is 34.8 Å². The molecule has 0 unspecified atom stereocenters. The molecule has 0 amide bonds. The Bertz CT molecular complexity index is 474. The average molecular weight is 202 g/mol. The van der Waals surface area contributed by atoms with Gasteiger partial charge < -0.3 is 4.42 Å². The normalized spacial score (nSPS) is 10.6. The molecule has 3 nitrogen and oxygen atoms in total. The molecule has 0 N–H and O–H groups in total. The molecule has 0 aliphatic carbocycles. The summed E-state index contributed by atoms with van der Waals surface area (Å²) >= 11 is 0. The molecule has 0 aromatic carbocycles. The summed E-state index contributed by atoms with van der Waals surface area (Å²) in [6.45, 7) is 6.01. The lowest BCUT2D eigenvalue weighted by Gasteiger charge is -2.05. The largest absolute Gasteiger partial charge is 0.462 e. The van der Waals surface area contributed by atoms with E-state index in [9.17, 15) is 0 Å². The van der Waals surface area contributed by atoms with E-state index in [4.69, 9.17) is 4.42 Å². The van der Waals surface area contributed by atoms with Gasteiger partial charge in [-0.1, -0.05) is 6.92 Å². The predicted octanol–water partition coefficient (Wildman–Crippen LogP) is 2.92. The van der Waals surface area contributed by atoms with Crippen LogP contribution in [0.25, 0.3) is 11.5 Å². The lowest BCUT2D eigenvalue weighted by atomic mass is 10.1. The van der Waals surface area contributed by atoms with Crippen molar-refractivity contribution < 1.29 is 4.42 Å². The number of aromatic nitrogens is 2. The van der Waals surface area contributed by atoms with Crippen LogP contribution in [0.15, 0.2) is 22.9 Å². The minimum atomic E-state index is 0.776. The van der Waals surface area contributed by atoms with Crippen LogP contribution in [0, 0.1) is 13.8 Å². The highest BCUT2D eigenvalue weighted by Gasteiger charge is 2.12. The van der Waals surface area contributed by atoms with Gasteiger partial charge in [0.05, 0.1) is 6.26 Å². The van der Waals surface area contributed by atoms with E-state index in [0.29, 0.717) is 0 Å². The maximum Gasteiger partial charge on any atom is 0.155 e. The van der Waals surface area contributed by atoms with Crippen molar-refractivity contribution >= 4 is 0 Å². The molecule has 15 heavy (non-hydrogen) atoms. The van der Waals surface area contributed by atoms with Gasteiger partial charge >= 0.3 is 0 Å². The second kappa shape index (κ2) is 3.85. The van der Waals surface area contributed by atoms with Crippen molar-refractivity contribution in [3.05, 3.63) is 35.5 Å². The quantitative estimate of drug-likeness (QED) is 0.751. The van der Waals surface area contributed by atoms with Crippen LogP contribution in [0.5, 0.6) is 0 Å². The molecule has 2 aromatic rings. The van der Waals surface area contributed by atoms with Gasteiger partial charge in [-0.2, -0.15) is 0 Å². The highest BCUT2D eigenvalue weighted by atomic mass is 16.3. The minimum absolute atomic E-state index is 0.776. The predicted molar refractivity (Wildman–Crippen MR) is 58.6 cm³/mol. The van der Waals surface area contributed by atoms with E-state index in [1.54, 1.807) is 6.26 Å². The Labute approximate surface area is 89.2 Å². The number of hydrogen-bond acceptors (Lipinski definition) is 3. The zero-order valence-corrected chi connectivity index (χ0v) is 9.24. The molecular weight excluding hydrogens is 188 g/mol. The highest BCUT2D eigenvalue weighted by molar-refractivity contribution is 5.60. The third kappa shape index (κ3) is 1.77. The third-order valence-corrected chi connectivity index (χ3v) is 2.44. The molecule has 0 saturated heterocycles. The molecule has 78 valence electrons. The third-order valence-electron chi connectivity index (χ3n) is 2.44. The molecule has 2 heterocycles. The Hall–Kier alpha value is -1.64. The van der Waals surface area contributed by atoms with Gasteiger partial charge in [0.25, 0.3) is 0 Å². The van der Waals surface area contributed by atoms with Gasteiger partial charge in [0, 0.05) is 6.20 Å². The maximum atomic E-state index is 5.46. The topological polar surface area (TPSA) is 38.9 Å². The zero-order valence-electron chi connectivity index (χ0n) is 9.24. The van der Waals surface area contributed by atoms with Gasteiger partial charge in [0.15, 0.2) is 5.76 Å². The first-order chi connectivity index (χ1) is 7.22. The van der Waals surface area contributed by atoms with Crippen molar-refractivity contribution in [2.45, 2.75) is 27.2 Å². The van der Waals surface area contributed by atoms with E-state index in [1.807, 2.05) is 26.1 Å². The van der Waals surface area contributed by atoms with Gasteiger partial charge in [0.2, 0.25) is 0 Å². The van der Waals surface area contributed by atoms with Crippen molar-refractivity contribution in [1.29, 1.82) is 0 Å². The molecule has 0 aliphatic heterocycles. The second-order valence-electron chi connectivity index (χ2n) is 3.58. The van der Waals surface area contributed by atoms with E-state index >= 15 is 0 Å². The SMILES string of the molecule is CCc1cnc(C)nc1-c1occc1C. The first-order valence-electron chi connectivity index (χ1n) is 5.09. The van der Waals surface area contributed by atoms with Crippen molar-refractivity contribution in [2.75, 3.05) is 0 Å². The molecule has 0 spiro atoms. The number of hydrogen-bond donors (Lipinski definition) is 0. The average Bonchev–Trinajstić information content (AvgIpc) is 2.64. The number of nitrogens with zero attached hydrogens (tertiary/aromatic N) is 2. The van der Waals surface area contributed by atoms with Crippen LogP contribution in [-0.2, 0) is 6.42 Å². The lowest BCUT2D eigenvalue weighted by molar-refractivity contribution is 0.577. The summed E-state index contributed by atoms with van der Waals surface area (Å²) in [6, 6.07) is 1.95. The van der Waals surface area contributed by atoms with Crippen LogP contribution in [0.1, 0.15) is 23.9 Å². The van der Waals surface area contributed by atoms with Crippen molar-refractivity contribution in [3.8, 4) is 11.5 Å². The number of furan rings is 1. The van der Waals surface area contributed by atoms with Gasteiger partial charge in [0.1, 0.15) is 11.5 Å². The smallest absolute Gasteiger partial charge is 0.155 e. The van der Waals surface area contributed by atoms with E-state index in [2.05, 4.69) is 16.9 Å². The summed E-state index contributed by atoms with van der Waals surface area (Å²) in [5.41, 5.74) is 3.16. The summed E-state index contributed by atoms with van der Waals surface area (Å²) in [5, 5.41) is 0. The molecule has 3 heteroatoms. The van der Waals surface area contributed by atoms with Crippen LogP contribution in [0.2, 0.25) is 0 Å². The fourth-order valence-electron chi connectivity index (χ4n) is 1.57. The standard InChI is InChI=1S/C12H14N2O/c1-4-10-7-13-9(3)14-11(10)12-8(2)5-6-15-12/h5-7H,4H2,1-3H3. The minimum Gasteiger partial charge on any atom is -0.462 e. The first kappa shape index (κ1) is 9.90. The molecule has 0 bridgehead atoms. The fourth-order valence-corrected chi connectivity index (χ4v) is 1.57. The molecule has 2 rings (SSSR count). The van der Waals surface area contributed by atoms with Crippen molar-refractivity contribution in [2.24, 2.45) is 0 Å². The van der Waals surface area contributed by atoms with Gasteiger partial charge in [-0.05, 0) is 37.5 Å². The maximum absolute atomic E-state index is 5.46. The lowest BCUT2D eigenvalue weighted by Crippen LogP contribution is -1.97. The Morgan fingerprint density at radius 3 is 2.73 bits per heavy atom. The molecule has 0 radical (unpaired) electrons. The number of rotatable bonds is 2. The molecule has 0 aliphatic rings. The Balaban J connectivity index is 2.60. The van der Waals surface area contributed by atoms with E-state index < -0.39 is 0 Å². The van der Waals surface area contributed by atoms with Gasteiger partial charge in [-0.25, -0.2) is 9.97 Å². The van der Waals surface area contributed by atoms with E-state index in [-0.39, 0.29) is 0 Å². The Morgan fingerprint density at radius 1 is 1.33 bits per heavy atom. The van der Waals surface area contributed by atoms with Crippen molar-refractivity contribution in [1.82, 2.24) is 9.97 Å². The molecular formula is C12H14N2O. The van der Waals surface area contributed by atoms with Gasteiger partial charge in [-0.3, -0.25) is 0 Å². The van der Waals surface area contributed by atoms with Gasteiger partial charge in [-0.15, -0.1) is 0 Å². The highest BCUT2D eigenvalue weighted by Crippen LogP contribution is 2.25. The first-order valence-corrected chi connectivity index (χ1v) is 5.09. The summed E-state index contributed by atoms with van der Waals surface area (Å²) < 4.78 is 5.46. The summed E-state index contributed by atoms with van der Waals surface area (Å²) in [6.07, 6.45) is 4.48. The summed E-state index contributed by atoms with van der Waals surface area (Å²) in [4.78, 5) is 8.64. The molecule has 2 aromatic heterocycles. The molecule has 0 saturated carbocycles. The number of aryl methyl sites for hydroxylation is 3.